The van der Waals surface area contributed by atoms with Gasteiger partial charge in [0.25, 0.3) is 5.91 Å². The highest BCUT2D eigenvalue weighted by atomic mass is 19.4. The zero-order valence-corrected chi connectivity index (χ0v) is 15.6. The Hall–Kier alpha value is -2.74. The molecule has 0 unspecified atom stereocenters. The lowest BCUT2D eigenvalue weighted by molar-refractivity contribution is -0.137. The number of rotatable bonds is 4. The molecule has 0 bridgehead atoms. The molecular formula is C20H21F3N2O3. The minimum atomic E-state index is -4.51. The topological polar surface area (TPSA) is 50.8 Å². The van der Waals surface area contributed by atoms with Gasteiger partial charge in [0.05, 0.1) is 42.8 Å². The predicted octanol–water partition coefficient (Wildman–Crippen LogP) is 4.11. The number of methoxy groups -OCH3 is 1. The van der Waals surface area contributed by atoms with Gasteiger partial charge in [0, 0.05) is 13.1 Å². The highest BCUT2D eigenvalue weighted by molar-refractivity contribution is 6.08. The van der Waals surface area contributed by atoms with Crippen molar-refractivity contribution in [1.82, 2.24) is 0 Å². The van der Waals surface area contributed by atoms with Crippen molar-refractivity contribution in [2.24, 2.45) is 0 Å². The number of benzene rings is 2. The summed E-state index contributed by atoms with van der Waals surface area (Å²) >= 11 is 0. The van der Waals surface area contributed by atoms with Gasteiger partial charge in [-0.05, 0) is 36.8 Å². The fourth-order valence-corrected chi connectivity index (χ4v) is 3.18. The van der Waals surface area contributed by atoms with Crippen LogP contribution in [0.4, 0.5) is 24.5 Å². The Labute approximate surface area is 161 Å². The molecule has 2 aromatic carbocycles. The molecule has 1 N–H and O–H groups in total. The number of alkyl halides is 3. The SMILES string of the molecule is COc1c(C)cccc1C(=O)Nc1cc(C(F)(F)F)ccc1N1CCOCC1. The van der Waals surface area contributed by atoms with Crippen molar-refractivity contribution in [1.29, 1.82) is 0 Å². The van der Waals surface area contributed by atoms with Gasteiger partial charge in [0.2, 0.25) is 0 Å². The lowest BCUT2D eigenvalue weighted by atomic mass is 10.1. The molecule has 1 saturated heterocycles. The summed E-state index contributed by atoms with van der Waals surface area (Å²) in [6.07, 6.45) is -4.51. The highest BCUT2D eigenvalue weighted by Crippen LogP contribution is 2.36. The number of aryl methyl sites for hydroxylation is 1. The molecule has 5 nitrogen and oxygen atoms in total. The van der Waals surface area contributed by atoms with Crippen LogP contribution in [0.5, 0.6) is 5.75 Å². The maximum absolute atomic E-state index is 13.2. The van der Waals surface area contributed by atoms with Gasteiger partial charge in [-0.15, -0.1) is 0 Å². The minimum absolute atomic E-state index is 0.102. The molecule has 0 spiro atoms. The molecule has 1 aliphatic heterocycles. The Morgan fingerprint density at radius 2 is 1.89 bits per heavy atom. The summed E-state index contributed by atoms with van der Waals surface area (Å²) in [6.45, 7) is 3.79. The summed E-state index contributed by atoms with van der Waals surface area (Å²) in [6, 6.07) is 8.43. The molecule has 0 aliphatic carbocycles. The van der Waals surface area contributed by atoms with Crippen LogP contribution in [0.25, 0.3) is 0 Å². The number of hydrogen-bond donors (Lipinski definition) is 1. The number of para-hydroxylation sites is 1. The first kappa shape index (κ1) is 20.0. The lowest BCUT2D eigenvalue weighted by Crippen LogP contribution is -2.36. The molecule has 0 saturated carbocycles. The van der Waals surface area contributed by atoms with Gasteiger partial charge in [0.15, 0.2) is 0 Å². The number of ether oxygens (including phenoxy) is 2. The smallest absolute Gasteiger partial charge is 0.416 e. The summed E-state index contributed by atoms with van der Waals surface area (Å²) in [4.78, 5) is 14.7. The van der Waals surface area contributed by atoms with Crippen molar-refractivity contribution in [3.05, 3.63) is 53.1 Å². The molecule has 1 amide bonds. The minimum Gasteiger partial charge on any atom is -0.496 e. The Balaban J connectivity index is 1.98. The van der Waals surface area contributed by atoms with Crippen LogP contribution in [0.15, 0.2) is 36.4 Å². The predicted molar refractivity (Wildman–Crippen MR) is 100 cm³/mol. The molecule has 150 valence electrons. The van der Waals surface area contributed by atoms with Crippen LogP contribution in [-0.4, -0.2) is 39.3 Å². The number of carbonyl (C=O) groups excluding carboxylic acids is 1. The van der Waals surface area contributed by atoms with Crippen LogP contribution in [0.1, 0.15) is 21.5 Å². The number of carbonyl (C=O) groups is 1. The van der Waals surface area contributed by atoms with Gasteiger partial charge >= 0.3 is 6.18 Å². The molecular weight excluding hydrogens is 373 g/mol. The number of nitrogens with one attached hydrogen (secondary N) is 1. The second-order valence-corrected chi connectivity index (χ2v) is 6.44. The Kier molecular flexibility index (Phi) is 5.79. The molecule has 2 aromatic rings. The van der Waals surface area contributed by atoms with Crippen LogP contribution in [0.2, 0.25) is 0 Å². The summed E-state index contributed by atoms with van der Waals surface area (Å²) in [5.41, 5.74) is 0.818. The van der Waals surface area contributed by atoms with Gasteiger partial charge in [-0.25, -0.2) is 0 Å². The first-order chi connectivity index (χ1) is 13.3. The third-order valence-electron chi connectivity index (χ3n) is 4.58. The fraction of sp³-hybridized carbons (Fsp3) is 0.350. The normalized spacial score (nSPS) is 14.7. The molecule has 3 rings (SSSR count). The van der Waals surface area contributed by atoms with Gasteiger partial charge < -0.3 is 19.7 Å². The number of amides is 1. The molecule has 0 atom stereocenters. The van der Waals surface area contributed by atoms with E-state index in [1.807, 2.05) is 4.90 Å². The van der Waals surface area contributed by atoms with E-state index >= 15 is 0 Å². The lowest BCUT2D eigenvalue weighted by Gasteiger charge is -2.31. The number of halogens is 3. The van der Waals surface area contributed by atoms with Crippen LogP contribution in [0, 0.1) is 6.92 Å². The van der Waals surface area contributed by atoms with E-state index in [9.17, 15) is 18.0 Å². The van der Waals surface area contributed by atoms with Crippen LogP contribution in [0.3, 0.4) is 0 Å². The third-order valence-corrected chi connectivity index (χ3v) is 4.58. The van der Waals surface area contributed by atoms with Crippen molar-refractivity contribution in [2.75, 3.05) is 43.6 Å². The summed E-state index contributed by atoms with van der Waals surface area (Å²) in [5, 5.41) is 2.64. The maximum atomic E-state index is 13.2. The zero-order chi connectivity index (χ0) is 20.3. The average Bonchev–Trinajstić information content (AvgIpc) is 2.67. The summed E-state index contributed by atoms with van der Waals surface area (Å²) < 4.78 is 50.2. The molecule has 1 heterocycles. The third kappa shape index (κ3) is 4.22. The van der Waals surface area contributed by atoms with Crippen molar-refractivity contribution in [2.45, 2.75) is 13.1 Å². The van der Waals surface area contributed by atoms with Gasteiger partial charge in [0.1, 0.15) is 5.75 Å². The van der Waals surface area contributed by atoms with Crippen LogP contribution >= 0.6 is 0 Å². The van der Waals surface area contributed by atoms with Gasteiger partial charge in [-0.3, -0.25) is 4.79 Å². The number of morpholine rings is 1. The first-order valence-electron chi connectivity index (χ1n) is 8.80. The number of anilines is 2. The molecule has 0 aromatic heterocycles. The van der Waals surface area contributed by atoms with Crippen molar-refractivity contribution in [3.63, 3.8) is 0 Å². The second kappa shape index (κ2) is 8.10. The molecule has 1 aliphatic rings. The molecule has 1 fully saturated rings. The summed E-state index contributed by atoms with van der Waals surface area (Å²) in [5.74, 6) is -0.144. The maximum Gasteiger partial charge on any atom is 0.416 e. The quantitative estimate of drug-likeness (QED) is 0.848. The van der Waals surface area contributed by atoms with E-state index in [1.165, 1.54) is 13.2 Å². The van der Waals surface area contributed by atoms with E-state index in [-0.39, 0.29) is 11.3 Å². The van der Waals surface area contributed by atoms with Crippen LogP contribution < -0.4 is 15.0 Å². The second-order valence-electron chi connectivity index (χ2n) is 6.44. The molecule has 0 radical (unpaired) electrons. The first-order valence-corrected chi connectivity index (χ1v) is 8.80. The molecule has 8 heteroatoms. The number of hydrogen-bond acceptors (Lipinski definition) is 4. The van der Waals surface area contributed by atoms with Crippen molar-refractivity contribution < 1.29 is 27.4 Å². The Morgan fingerprint density at radius 3 is 2.54 bits per heavy atom. The van der Waals surface area contributed by atoms with Crippen molar-refractivity contribution in [3.8, 4) is 5.75 Å². The van der Waals surface area contributed by atoms with E-state index in [0.717, 1.165) is 17.7 Å². The fourth-order valence-electron chi connectivity index (χ4n) is 3.18. The standard InChI is InChI=1S/C20H21F3N2O3/c1-13-4-3-5-15(18(13)27-2)19(26)24-16-12-14(20(21,22)23)6-7-17(16)25-8-10-28-11-9-25/h3-7,12H,8-11H2,1-2H3,(H,24,26). The monoisotopic (exact) mass is 394 g/mol. The highest BCUT2D eigenvalue weighted by Gasteiger charge is 2.32. The zero-order valence-electron chi connectivity index (χ0n) is 15.6. The van der Waals surface area contributed by atoms with Gasteiger partial charge in [-0.2, -0.15) is 13.2 Å². The van der Waals surface area contributed by atoms with E-state index < -0.39 is 17.6 Å². The van der Waals surface area contributed by atoms with E-state index in [0.29, 0.717) is 37.7 Å². The largest absolute Gasteiger partial charge is 0.496 e. The van der Waals surface area contributed by atoms with Crippen LogP contribution in [-0.2, 0) is 10.9 Å². The van der Waals surface area contributed by atoms with Gasteiger partial charge in [-0.1, -0.05) is 12.1 Å². The van der Waals surface area contributed by atoms with E-state index in [1.54, 1.807) is 25.1 Å². The summed E-state index contributed by atoms with van der Waals surface area (Å²) in [7, 11) is 1.45. The molecule has 28 heavy (non-hydrogen) atoms. The van der Waals surface area contributed by atoms with E-state index in [4.69, 9.17) is 9.47 Å². The average molecular weight is 394 g/mol. The van der Waals surface area contributed by atoms with Crippen molar-refractivity contribution >= 4 is 17.3 Å². The Bertz CT molecular complexity index is 862. The Morgan fingerprint density at radius 1 is 1.18 bits per heavy atom. The number of nitrogens with zero attached hydrogens (tertiary/aromatic N) is 1. The van der Waals surface area contributed by atoms with E-state index in [2.05, 4.69) is 5.32 Å².